The van der Waals surface area contributed by atoms with Crippen LogP contribution in [0, 0.1) is 0 Å². The van der Waals surface area contributed by atoms with Gasteiger partial charge in [0.25, 0.3) is 0 Å². The van der Waals surface area contributed by atoms with Gasteiger partial charge in [0.15, 0.2) is 0 Å². The summed E-state index contributed by atoms with van der Waals surface area (Å²) in [6.07, 6.45) is 0. The maximum Gasteiger partial charge on any atom is 0.361 e. The Hall–Kier alpha value is -2.58. The Balaban J connectivity index is 1.97. The Bertz CT molecular complexity index is 993. The monoisotopic (exact) mass is 366 g/mol. The minimum absolute atomic E-state index is 0.215. The molecule has 0 radical (unpaired) electrons. The van der Waals surface area contributed by atoms with Crippen LogP contribution in [0.25, 0.3) is 21.5 Å². The molecule has 0 spiro atoms. The first kappa shape index (κ1) is 17.2. The summed E-state index contributed by atoms with van der Waals surface area (Å²) in [6.45, 7) is -1.12. The van der Waals surface area contributed by atoms with E-state index in [4.69, 9.17) is 4.74 Å². The van der Waals surface area contributed by atoms with E-state index in [1.807, 2.05) is 30.3 Å². The van der Waals surface area contributed by atoms with Crippen LogP contribution in [0.2, 0.25) is 0 Å². The fraction of sp³-hybridized carbons (Fsp3) is 0.118. The van der Waals surface area contributed by atoms with E-state index < -0.39 is 28.6 Å². The van der Waals surface area contributed by atoms with E-state index in [1.165, 1.54) is 0 Å². The van der Waals surface area contributed by atoms with E-state index in [0.717, 1.165) is 10.8 Å². The first-order valence-corrected chi connectivity index (χ1v) is 8.61. The number of carbonyl (C=O) groups excluding carboxylic acids is 1. The number of fused-ring (bicyclic) bond motifs is 2. The minimum Gasteiger partial charge on any atom is -0.434 e. The van der Waals surface area contributed by atoms with Gasteiger partial charge in [-0.3, -0.25) is 0 Å². The zero-order chi connectivity index (χ0) is 18.0. The molecule has 0 aliphatic heterocycles. The first-order valence-electron chi connectivity index (χ1n) is 7.14. The average molecular weight is 366 g/mol. The van der Waals surface area contributed by atoms with Gasteiger partial charge in [-0.15, -0.1) is 0 Å². The molecule has 3 aromatic rings. The summed E-state index contributed by atoms with van der Waals surface area (Å²) >= 11 is 0. The normalized spacial score (nSPS) is 12.0. The number of esters is 1. The van der Waals surface area contributed by atoms with Crippen molar-refractivity contribution < 1.29 is 30.9 Å². The standard InChI is InChI=1S/C17H12F2O5S/c18-17(19)25(21,22)24-10-23-16(20)15-13-7-3-1-5-11(13)9-12-6-2-4-8-14(12)15/h1-9,17H,10H2. The van der Waals surface area contributed by atoms with Gasteiger partial charge in [0, 0.05) is 0 Å². The van der Waals surface area contributed by atoms with Crippen LogP contribution in [-0.2, 0) is 19.0 Å². The highest BCUT2D eigenvalue weighted by atomic mass is 32.2. The number of carbonyl (C=O) groups is 1. The van der Waals surface area contributed by atoms with Gasteiger partial charge in [0.1, 0.15) is 0 Å². The van der Waals surface area contributed by atoms with Crippen LogP contribution in [0.1, 0.15) is 10.4 Å². The number of hydrogen-bond donors (Lipinski definition) is 0. The summed E-state index contributed by atoms with van der Waals surface area (Å²) in [5.74, 6) is -4.57. The van der Waals surface area contributed by atoms with Crippen LogP contribution in [0.15, 0.2) is 54.6 Å². The van der Waals surface area contributed by atoms with Crippen molar-refractivity contribution in [1.29, 1.82) is 0 Å². The van der Waals surface area contributed by atoms with Crippen molar-refractivity contribution >= 4 is 37.6 Å². The van der Waals surface area contributed by atoms with Gasteiger partial charge < -0.3 is 4.74 Å². The van der Waals surface area contributed by atoms with E-state index in [-0.39, 0.29) is 5.56 Å². The average Bonchev–Trinajstić information content (AvgIpc) is 2.59. The van der Waals surface area contributed by atoms with Crippen molar-refractivity contribution in [2.45, 2.75) is 5.76 Å². The van der Waals surface area contributed by atoms with Crippen molar-refractivity contribution in [2.75, 3.05) is 6.79 Å². The molecule has 0 amide bonds. The first-order chi connectivity index (χ1) is 11.9. The van der Waals surface area contributed by atoms with E-state index >= 15 is 0 Å². The zero-order valence-corrected chi connectivity index (χ0v) is 13.5. The number of benzene rings is 3. The molecule has 0 unspecified atom stereocenters. The quantitative estimate of drug-likeness (QED) is 0.298. The number of alkyl halides is 2. The van der Waals surface area contributed by atoms with Gasteiger partial charge in [0.2, 0.25) is 6.79 Å². The van der Waals surface area contributed by atoms with Crippen molar-refractivity contribution in [3.8, 4) is 0 Å². The summed E-state index contributed by atoms with van der Waals surface area (Å²) in [7, 11) is -5.07. The number of ether oxygens (including phenoxy) is 1. The Morgan fingerprint density at radius 3 is 2.00 bits per heavy atom. The highest BCUT2D eigenvalue weighted by molar-refractivity contribution is 7.87. The van der Waals surface area contributed by atoms with Crippen LogP contribution in [0.4, 0.5) is 8.78 Å². The fourth-order valence-corrected chi connectivity index (χ4v) is 2.79. The third-order valence-electron chi connectivity index (χ3n) is 3.60. The second-order valence-corrected chi connectivity index (χ2v) is 6.69. The fourth-order valence-electron chi connectivity index (χ4n) is 2.50. The summed E-state index contributed by atoms with van der Waals surface area (Å²) in [5, 5.41) is 2.77. The third kappa shape index (κ3) is 3.45. The maximum absolute atomic E-state index is 12.4. The molecule has 130 valence electrons. The van der Waals surface area contributed by atoms with Gasteiger partial charge >= 0.3 is 21.8 Å². The summed E-state index contributed by atoms with van der Waals surface area (Å²) in [5.41, 5.74) is 0.215. The lowest BCUT2D eigenvalue weighted by Gasteiger charge is -2.11. The maximum atomic E-state index is 12.4. The van der Waals surface area contributed by atoms with Crippen LogP contribution >= 0.6 is 0 Å². The molecular weight excluding hydrogens is 354 g/mol. The minimum atomic E-state index is -5.07. The lowest BCUT2D eigenvalue weighted by Crippen LogP contribution is -2.18. The molecule has 0 bridgehead atoms. The van der Waals surface area contributed by atoms with Crippen LogP contribution in [0.5, 0.6) is 0 Å². The molecule has 3 rings (SSSR count). The SMILES string of the molecule is O=C(OCOS(=O)(=O)C(F)F)c1c2ccccc2cc2ccccc12. The van der Waals surface area contributed by atoms with Gasteiger partial charge in [-0.2, -0.15) is 17.2 Å². The number of hydrogen-bond acceptors (Lipinski definition) is 5. The molecule has 0 aliphatic carbocycles. The Morgan fingerprint density at radius 2 is 1.48 bits per heavy atom. The van der Waals surface area contributed by atoms with Gasteiger partial charge in [-0.1, -0.05) is 48.5 Å². The van der Waals surface area contributed by atoms with Gasteiger partial charge in [0.05, 0.1) is 5.56 Å². The van der Waals surface area contributed by atoms with Gasteiger partial charge in [-0.05, 0) is 27.6 Å². The highest BCUT2D eigenvalue weighted by Gasteiger charge is 2.26. The molecule has 0 heterocycles. The van der Waals surface area contributed by atoms with Crippen molar-refractivity contribution in [3.05, 3.63) is 60.2 Å². The van der Waals surface area contributed by atoms with E-state index in [9.17, 15) is 22.0 Å². The molecule has 5 nitrogen and oxygen atoms in total. The third-order valence-corrected chi connectivity index (χ3v) is 4.46. The topological polar surface area (TPSA) is 69.7 Å². The van der Waals surface area contributed by atoms with Gasteiger partial charge in [-0.25, -0.2) is 8.98 Å². The van der Waals surface area contributed by atoms with Crippen molar-refractivity contribution in [3.63, 3.8) is 0 Å². The molecule has 8 heteroatoms. The second kappa shape index (κ2) is 6.73. The smallest absolute Gasteiger partial charge is 0.361 e. The van der Waals surface area contributed by atoms with E-state index in [1.54, 1.807) is 24.3 Å². The largest absolute Gasteiger partial charge is 0.434 e. The van der Waals surface area contributed by atoms with Crippen LogP contribution < -0.4 is 0 Å². The zero-order valence-electron chi connectivity index (χ0n) is 12.7. The molecule has 0 saturated heterocycles. The van der Waals surface area contributed by atoms with Crippen molar-refractivity contribution in [2.24, 2.45) is 0 Å². The molecule has 0 aromatic heterocycles. The van der Waals surface area contributed by atoms with Crippen molar-refractivity contribution in [1.82, 2.24) is 0 Å². The molecular formula is C17H12F2O5S. The number of rotatable bonds is 5. The second-order valence-electron chi connectivity index (χ2n) is 5.11. The molecule has 0 N–H and O–H groups in total. The number of halogens is 2. The highest BCUT2D eigenvalue weighted by Crippen LogP contribution is 2.29. The Kier molecular flexibility index (Phi) is 4.65. The molecule has 3 aromatic carbocycles. The molecule has 0 atom stereocenters. The molecule has 0 saturated carbocycles. The Labute approximate surface area is 141 Å². The molecule has 0 aliphatic rings. The predicted octanol–water partition coefficient (Wildman–Crippen LogP) is 3.68. The summed E-state index contributed by atoms with van der Waals surface area (Å²) < 4.78 is 55.0. The van der Waals surface area contributed by atoms with Crippen LogP contribution in [0.3, 0.4) is 0 Å². The summed E-state index contributed by atoms with van der Waals surface area (Å²) in [4.78, 5) is 12.4. The molecule has 25 heavy (non-hydrogen) atoms. The van der Waals surface area contributed by atoms with E-state index in [2.05, 4.69) is 4.18 Å². The summed E-state index contributed by atoms with van der Waals surface area (Å²) in [6, 6.07) is 16.1. The Morgan fingerprint density at radius 1 is 0.960 bits per heavy atom. The lowest BCUT2D eigenvalue weighted by molar-refractivity contribution is 0.0151. The molecule has 0 fully saturated rings. The lowest BCUT2D eigenvalue weighted by atomic mass is 9.97. The predicted molar refractivity (Wildman–Crippen MR) is 87.7 cm³/mol. The van der Waals surface area contributed by atoms with E-state index in [0.29, 0.717) is 10.8 Å². The van der Waals surface area contributed by atoms with Crippen LogP contribution in [-0.4, -0.2) is 26.9 Å².